The number of hydrogen-bond donors (Lipinski definition) is 1. The van der Waals surface area contributed by atoms with Crippen molar-refractivity contribution in [2.75, 3.05) is 0 Å². The zero-order chi connectivity index (χ0) is 14.6. The minimum Gasteiger partial charge on any atom is -0.385 e. The maximum Gasteiger partial charge on any atom is 0.0991 e. The number of nitrogens with zero attached hydrogens (tertiary/aromatic N) is 2. The molecule has 3 nitrogen and oxygen atoms in total. The van der Waals surface area contributed by atoms with E-state index in [1.54, 1.807) is 25.1 Å². The fraction of sp³-hybridized carbons (Fsp3) is 0.294. The number of hydrogen-bond acceptors (Lipinski definition) is 3. The van der Waals surface area contributed by atoms with Gasteiger partial charge < -0.3 is 5.11 Å². The van der Waals surface area contributed by atoms with Gasteiger partial charge in [0.05, 0.1) is 17.2 Å². The Bertz CT molecular complexity index is 624. The van der Waals surface area contributed by atoms with Crippen LogP contribution in [0.15, 0.2) is 42.6 Å². The molecule has 102 valence electrons. The van der Waals surface area contributed by atoms with E-state index < -0.39 is 5.60 Å². The first kappa shape index (κ1) is 14.2. The molecule has 0 aliphatic rings. The van der Waals surface area contributed by atoms with Crippen LogP contribution in [0.1, 0.15) is 36.2 Å². The first-order valence-corrected chi connectivity index (χ1v) is 6.72. The van der Waals surface area contributed by atoms with E-state index in [1.807, 2.05) is 24.4 Å². The molecule has 1 aromatic carbocycles. The van der Waals surface area contributed by atoms with E-state index in [9.17, 15) is 5.11 Å². The summed E-state index contributed by atoms with van der Waals surface area (Å²) in [7, 11) is 0. The van der Waals surface area contributed by atoms with Crippen LogP contribution >= 0.6 is 0 Å². The molecule has 1 atom stereocenters. The summed E-state index contributed by atoms with van der Waals surface area (Å²) in [5, 5.41) is 19.6. The Hall–Kier alpha value is -2.18. The van der Waals surface area contributed by atoms with Gasteiger partial charge in [-0.2, -0.15) is 5.26 Å². The summed E-state index contributed by atoms with van der Waals surface area (Å²) in [6, 6.07) is 13.1. The van der Waals surface area contributed by atoms with Crippen LogP contribution in [-0.4, -0.2) is 10.1 Å². The first-order valence-electron chi connectivity index (χ1n) is 6.72. The molecule has 2 rings (SSSR count). The van der Waals surface area contributed by atoms with Crippen molar-refractivity contribution >= 4 is 0 Å². The second kappa shape index (κ2) is 5.85. The van der Waals surface area contributed by atoms with Gasteiger partial charge in [-0.05, 0) is 42.7 Å². The Morgan fingerprint density at radius 1 is 1.30 bits per heavy atom. The van der Waals surface area contributed by atoms with Gasteiger partial charge in [0, 0.05) is 18.3 Å². The molecule has 0 aliphatic heterocycles. The molecule has 1 aromatic heterocycles. The van der Waals surface area contributed by atoms with Crippen LogP contribution in [-0.2, 0) is 18.4 Å². The molecule has 0 amide bonds. The van der Waals surface area contributed by atoms with Crippen LogP contribution in [0.5, 0.6) is 0 Å². The predicted octanol–water partition coefficient (Wildman–Crippen LogP) is 2.97. The number of benzene rings is 1. The number of aryl methyl sites for hydroxylation is 1. The topological polar surface area (TPSA) is 56.9 Å². The zero-order valence-electron chi connectivity index (χ0n) is 11.8. The van der Waals surface area contributed by atoms with Crippen LogP contribution in [0.25, 0.3) is 0 Å². The molecule has 1 heterocycles. The van der Waals surface area contributed by atoms with Crippen molar-refractivity contribution in [2.24, 2.45) is 0 Å². The van der Waals surface area contributed by atoms with Gasteiger partial charge in [0.25, 0.3) is 0 Å². The van der Waals surface area contributed by atoms with Gasteiger partial charge >= 0.3 is 0 Å². The number of aliphatic hydroxyl groups is 1. The van der Waals surface area contributed by atoms with E-state index in [4.69, 9.17) is 5.26 Å². The molecular weight excluding hydrogens is 248 g/mol. The molecule has 1 N–H and O–H groups in total. The summed E-state index contributed by atoms with van der Waals surface area (Å²) in [6.45, 7) is 3.83. The molecule has 20 heavy (non-hydrogen) atoms. The lowest BCUT2D eigenvalue weighted by Crippen LogP contribution is -2.24. The number of nitriles is 1. The van der Waals surface area contributed by atoms with E-state index in [0.29, 0.717) is 12.0 Å². The maximum absolute atomic E-state index is 10.6. The van der Waals surface area contributed by atoms with Gasteiger partial charge in [-0.3, -0.25) is 4.98 Å². The van der Waals surface area contributed by atoms with Crippen molar-refractivity contribution in [3.05, 3.63) is 65.0 Å². The van der Waals surface area contributed by atoms with Crippen LogP contribution in [0.3, 0.4) is 0 Å². The van der Waals surface area contributed by atoms with Gasteiger partial charge in [-0.25, -0.2) is 0 Å². The molecular formula is C17H18N2O. The quantitative estimate of drug-likeness (QED) is 0.925. The van der Waals surface area contributed by atoms with Crippen LogP contribution in [0.2, 0.25) is 0 Å². The second-order valence-electron chi connectivity index (χ2n) is 5.15. The van der Waals surface area contributed by atoms with Gasteiger partial charge in [-0.15, -0.1) is 0 Å². The maximum atomic E-state index is 10.6. The molecule has 0 bridgehead atoms. The molecule has 0 saturated carbocycles. The molecule has 2 aromatic rings. The number of pyridine rings is 1. The van der Waals surface area contributed by atoms with Crippen molar-refractivity contribution in [1.29, 1.82) is 5.26 Å². The Morgan fingerprint density at radius 3 is 2.70 bits per heavy atom. The van der Waals surface area contributed by atoms with E-state index in [1.165, 1.54) is 5.56 Å². The summed E-state index contributed by atoms with van der Waals surface area (Å²) < 4.78 is 0. The van der Waals surface area contributed by atoms with Crippen molar-refractivity contribution in [1.82, 2.24) is 4.98 Å². The third kappa shape index (κ3) is 3.23. The highest BCUT2D eigenvalue weighted by Crippen LogP contribution is 2.25. The van der Waals surface area contributed by atoms with Gasteiger partial charge in [0.15, 0.2) is 0 Å². The summed E-state index contributed by atoms with van der Waals surface area (Å²) in [4.78, 5) is 4.38. The fourth-order valence-electron chi connectivity index (χ4n) is 2.15. The summed E-state index contributed by atoms with van der Waals surface area (Å²) >= 11 is 0. The minimum absolute atomic E-state index is 0.422. The van der Waals surface area contributed by atoms with E-state index >= 15 is 0 Å². The van der Waals surface area contributed by atoms with Gasteiger partial charge in [-0.1, -0.05) is 25.1 Å². The van der Waals surface area contributed by atoms with Crippen molar-refractivity contribution in [2.45, 2.75) is 32.3 Å². The van der Waals surface area contributed by atoms with Crippen molar-refractivity contribution in [3.8, 4) is 6.07 Å². The second-order valence-corrected chi connectivity index (χ2v) is 5.15. The first-order chi connectivity index (χ1) is 9.55. The average molecular weight is 266 g/mol. The van der Waals surface area contributed by atoms with Crippen molar-refractivity contribution < 1.29 is 5.11 Å². The third-order valence-corrected chi connectivity index (χ3v) is 3.43. The average Bonchev–Trinajstić information content (AvgIpc) is 2.48. The summed E-state index contributed by atoms with van der Waals surface area (Å²) in [5.74, 6) is 0. The molecule has 0 fully saturated rings. The molecule has 0 radical (unpaired) electrons. The normalized spacial score (nSPS) is 13.5. The Morgan fingerprint density at radius 2 is 2.10 bits per heavy atom. The molecule has 0 aliphatic carbocycles. The van der Waals surface area contributed by atoms with Crippen LogP contribution in [0.4, 0.5) is 0 Å². The monoisotopic (exact) mass is 266 g/mol. The highest BCUT2D eigenvalue weighted by atomic mass is 16.3. The summed E-state index contributed by atoms with van der Waals surface area (Å²) in [6.07, 6.45) is 3.22. The molecule has 0 saturated heterocycles. The van der Waals surface area contributed by atoms with Gasteiger partial charge in [0.2, 0.25) is 0 Å². The lowest BCUT2D eigenvalue weighted by molar-refractivity contribution is 0.0565. The van der Waals surface area contributed by atoms with Crippen LogP contribution < -0.4 is 0 Å². The third-order valence-electron chi connectivity index (χ3n) is 3.43. The number of aromatic nitrogens is 1. The van der Waals surface area contributed by atoms with E-state index in [2.05, 4.69) is 18.0 Å². The van der Waals surface area contributed by atoms with Crippen LogP contribution in [0, 0.1) is 11.3 Å². The zero-order valence-corrected chi connectivity index (χ0v) is 11.8. The Kier molecular flexibility index (Phi) is 4.16. The Balaban J connectivity index is 2.23. The smallest absolute Gasteiger partial charge is 0.0991 e. The predicted molar refractivity (Wildman–Crippen MR) is 78.0 cm³/mol. The fourth-order valence-corrected chi connectivity index (χ4v) is 2.15. The lowest BCUT2D eigenvalue weighted by atomic mass is 9.90. The highest BCUT2D eigenvalue weighted by molar-refractivity contribution is 5.36. The lowest BCUT2D eigenvalue weighted by Gasteiger charge is -2.23. The molecule has 3 heteroatoms. The van der Waals surface area contributed by atoms with E-state index in [0.717, 1.165) is 17.7 Å². The highest BCUT2D eigenvalue weighted by Gasteiger charge is 2.24. The number of rotatable bonds is 4. The van der Waals surface area contributed by atoms with E-state index in [-0.39, 0.29) is 0 Å². The SMILES string of the molecule is CCc1ccc(CC(C)(O)c2cccc(C#N)c2)nc1. The summed E-state index contributed by atoms with van der Waals surface area (Å²) in [5.41, 5.74) is 2.28. The molecule has 1 unspecified atom stereocenters. The minimum atomic E-state index is -1.03. The van der Waals surface area contributed by atoms with Crippen molar-refractivity contribution in [3.63, 3.8) is 0 Å². The molecule has 0 spiro atoms. The largest absolute Gasteiger partial charge is 0.385 e. The standard InChI is InChI=1S/C17H18N2O/c1-3-13-7-8-16(19-12-13)10-17(2,20)15-6-4-5-14(9-15)11-18/h4-9,12,20H,3,10H2,1-2H3. The van der Waals surface area contributed by atoms with Gasteiger partial charge in [0.1, 0.15) is 0 Å². The Labute approximate surface area is 119 Å².